The van der Waals surface area contributed by atoms with Gasteiger partial charge in [-0.25, -0.2) is 0 Å². The number of nitrogens with zero attached hydrogens (tertiary/aromatic N) is 2. The molecule has 3 heteroatoms. The average Bonchev–Trinajstić information content (AvgIpc) is 2.09. The van der Waals surface area contributed by atoms with Gasteiger partial charge in [0.25, 0.3) is 0 Å². The van der Waals surface area contributed by atoms with E-state index in [1.165, 1.54) is 6.20 Å². The van der Waals surface area contributed by atoms with Gasteiger partial charge >= 0.3 is 0 Å². The highest BCUT2D eigenvalue weighted by Crippen LogP contribution is 2.11. The largest absolute Gasteiger partial charge is 0.263 e. The van der Waals surface area contributed by atoms with E-state index in [-0.39, 0.29) is 6.42 Å². The van der Waals surface area contributed by atoms with Crippen molar-refractivity contribution in [3.05, 3.63) is 29.0 Å². The molecule has 0 radical (unpaired) electrons. The molecule has 0 fully saturated rings. The molecule has 0 spiro atoms. The summed E-state index contributed by atoms with van der Waals surface area (Å²) in [6, 6.07) is 3.64. The third kappa shape index (κ3) is 2.27. The van der Waals surface area contributed by atoms with E-state index >= 15 is 0 Å². The maximum Gasteiger partial charge on any atom is 0.0966 e. The number of hydrogen-bond acceptors (Lipinski definition) is 2. The van der Waals surface area contributed by atoms with E-state index in [0.717, 1.165) is 0 Å². The van der Waals surface area contributed by atoms with E-state index < -0.39 is 0 Å². The fourth-order valence-electron chi connectivity index (χ4n) is 0.656. The lowest BCUT2D eigenvalue weighted by Crippen LogP contribution is -1.77. The van der Waals surface area contributed by atoms with E-state index in [9.17, 15) is 0 Å². The van der Waals surface area contributed by atoms with Crippen LogP contribution in [0.3, 0.4) is 0 Å². The molecule has 12 heavy (non-hydrogen) atoms. The summed E-state index contributed by atoms with van der Waals surface area (Å²) in [6.45, 7) is 0. The molecule has 1 aromatic rings. The quantitative estimate of drug-likeness (QED) is 0.567. The molecule has 0 saturated heterocycles. The highest BCUT2D eigenvalue weighted by molar-refractivity contribution is 6.31. The summed E-state index contributed by atoms with van der Waals surface area (Å²) in [5, 5.41) is 8.73. The lowest BCUT2D eigenvalue weighted by Gasteiger charge is -1.90. The standard InChI is InChI=1S/C9H5ClN2/c10-9-7-12-6-4-8(9)3-1-2-5-11/h4,6-7H,2H2. The summed E-state index contributed by atoms with van der Waals surface area (Å²) in [5.74, 6) is 5.44. The van der Waals surface area contributed by atoms with Crippen molar-refractivity contribution in [2.75, 3.05) is 0 Å². The van der Waals surface area contributed by atoms with Crippen LogP contribution in [-0.4, -0.2) is 4.98 Å². The Balaban J connectivity index is 2.86. The number of nitriles is 1. The van der Waals surface area contributed by atoms with Crippen LogP contribution >= 0.6 is 11.6 Å². The summed E-state index contributed by atoms with van der Waals surface area (Å²) < 4.78 is 0. The zero-order chi connectivity index (χ0) is 8.81. The SMILES string of the molecule is N#CCC#Cc1ccncc1Cl. The Morgan fingerprint density at radius 2 is 2.42 bits per heavy atom. The van der Waals surface area contributed by atoms with Crippen LogP contribution in [0.5, 0.6) is 0 Å². The molecule has 1 rings (SSSR count). The van der Waals surface area contributed by atoms with Gasteiger partial charge in [-0.15, -0.1) is 0 Å². The van der Waals surface area contributed by atoms with Gasteiger partial charge in [0, 0.05) is 18.0 Å². The van der Waals surface area contributed by atoms with Gasteiger partial charge < -0.3 is 0 Å². The maximum absolute atomic E-state index is 8.22. The van der Waals surface area contributed by atoms with E-state index in [1.54, 1.807) is 12.3 Å². The van der Waals surface area contributed by atoms with E-state index in [2.05, 4.69) is 16.8 Å². The minimum absolute atomic E-state index is 0.221. The number of aromatic nitrogens is 1. The van der Waals surface area contributed by atoms with Gasteiger partial charge in [-0.3, -0.25) is 4.98 Å². The van der Waals surface area contributed by atoms with Crippen LogP contribution in [0.1, 0.15) is 12.0 Å². The van der Waals surface area contributed by atoms with Crippen molar-refractivity contribution in [2.24, 2.45) is 0 Å². The highest BCUT2D eigenvalue weighted by atomic mass is 35.5. The number of pyridine rings is 1. The Bertz CT molecular complexity index is 368. The summed E-state index contributed by atoms with van der Waals surface area (Å²) in [7, 11) is 0. The molecule has 0 bridgehead atoms. The molecular formula is C9H5ClN2. The average molecular weight is 177 g/mol. The van der Waals surface area contributed by atoms with E-state index in [1.807, 2.05) is 6.07 Å². The smallest absolute Gasteiger partial charge is 0.0966 e. The zero-order valence-electron chi connectivity index (χ0n) is 6.21. The van der Waals surface area contributed by atoms with Crippen LogP contribution in [0.15, 0.2) is 18.5 Å². The Kier molecular flexibility index (Phi) is 3.14. The summed E-state index contributed by atoms with van der Waals surface area (Å²) in [6.07, 6.45) is 3.36. The molecular weight excluding hydrogens is 172 g/mol. The van der Waals surface area contributed by atoms with E-state index in [0.29, 0.717) is 10.6 Å². The molecule has 0 atom stereocenters. The number of rotatable bonds is 0. The van der Waals surface area contributed by atoms with Crippen molar-refractivity contribution >= 4 is 11.6 Å². The molecule has 0 amide bonds. The van der Waals surface area contributed by atoms with Crippen molar-refractivity contribution in [3.8, 4) is 17.9 Å². The van der Waals surface area contributed by atoms with Crippen LogP contribution in [0, 0.1) is 23.2 Å². The molecule has 1 heterocycles. The third-order valence-electron chi connectivity index (χ3n) is 1.16. The molecule has 0 saturated carbocycles. The Morgan fingerprint density at radius 1 is 1.58 bits per heavy atom. The predicted molar refractivity (Wildman–Crippen MR) is 46.4 cm³/mol. The van der Waals surface area contributed by atoms with Gasteiger partial charge in [0.1, 0.15) is 0 Å². The van der Waals surface area contributed by atoms with Crippen molar-refractivity contribution in [1.29, 1.82) is 5.26 Å². The first-order chi connectivity index (χ1) is 5.84. The molecule has 0 aliphatic rings. The summed E-state index contributed by atoms with van der Waals surface area (Å²) in [4.78, 5) is 3.81. The highest BCUT2D eigenvalue weighted by Gasteiger charge is 1.92. The summed E-state index contributed by atoms with van der Waals surface area (Å²) >= 11 is 5.76. The maximum atomic E-state index is 8.22. The van der Waals surface area contributed by atoms with Gasteiger partial charge in [-0.1, -0.05) is 23.4 Å². The number of hydrogen-bond donors (Lipinski definition) is 0. The molecule has 0 aliphatic heterocycles. The third-order valence-corrected chi connectivity index (χ3v) is 1.46. The second kappa shape index (κ2) is 4.38. The van der Waals surface area contributed by atoms with Crippen LogP contribution in [0.25, 0.3) is 0 Å². The lowest BCUT2D eigenvalue weighted by molar-refractivity contribution is 1.32. The fraction of sp³-hybridized carbons (Fsp3) is 0.111. The van der Waals surface area contributed by atoms with Gasteiger partial charge in [0.15, 0.2) is 0 Å². The molecule has 2 nitrogen and oxygen atoms in total. The van der Waals surface area contributed by atoms with Gasteiger partial charge in [0.05, 0.1) is 17.5 Å². The minimum atomic E-state index is 0.221. The van der Waals surface area contributed by atoms with Crippen LogP contribution in [-0.2, 0) is 0 Å². The Hall–Kier alpha value is -1.51. The Labute approximate surface area is 75.8 Å². The monoisotopic (exact) mass is 176 g/mol. The first-order valence-electron chi connectivity index (χ1n) is 3.30. The summed E-state index contributed by atoms with van der Waals surface area (Å²) in [5.41, 5.74) is 0.710. The van der Waals surface area contributed by atoms with Crippen LogP contribution < -0.4 is 0 Å². The molecule has 1 aromatic heterocycles. The molecule has 0 N–H and O–H groups in total. The second-order valence-corrected chi connectivity index (χ2v) is 2.40. The fourth-order valence-corrected chi connectivity index (χ4v) is 0.822. The molecule has 0 aromatic carbocycles. The predicted octanol–water partition coefficient (Wildman–Crippen LogP) is 2.00. The van der Waals surface area contributed by atoms with Gasteiger partial charge in [0.2, 0.25) is 0 Å². The van der Waals surface area contributed by atoms with Crippen molar-refractivity contribution in [1.82, 2.24) is 4.98 Å². The molecule has 0 aliphatic carbocycles. The zero-order valence-corrected chi connectivity index (χ0v) is 6.97. The van der Waals surface area contributed by atoms with Crippen LogP contribution in [0.2, 0.25) is 5.02 Å². The van der Waals surface area contributed by atoms with Crippen molar-refractivity contribution < 1.29 is 0 Å². The van der Waals surface area contributed by atoms with Crippen molar-refractivity contribution in [2.45, 2.75) is 6.42 Å². The normalized spacial score (nSPS) is 8.00. The number of halogens is 1. The van der Waals surface area contributed by atoms with Crippen LogP contribution in [0.4, 0.5) is 0 Å². The van der Waals surface area contributed by atoms with Gasteiger partial charge in [-0.05, 0) is 6.07 Å². The first kappa shape index (κ1) is 8.59. The second-order valence-electron chi connectivity index (χ2n) is 1.99. The topological polar surface area (TPSA) is 36.7 Å². The van der Waals surface area contributed by atoms with E-state index in [4.69, 9.17) is 16.9 Å². The Morgan fingerprint density at radius 3 is 3.08 bits per heavy atom. The molecule has 58 valence electrons. The van der Waals surface area contributed by atoms with Crippen molar-refractivity contribution in [3.63, 3.8) is 0 Å². The minimum Gasteiger partial charge on any atom is -0.263 e. The lowest BCUT2D eigenvalue weighted by atomic mass is 10.2. The first-order valence-corrected chi connectivity index (χ1v) is 3.67. The van der Waals surface area contributed by atoms with Gasteiger partial charge in [-0.2, -0.15) is 5.26 Å². The molecule has 0 unspecified atom stereocenters.